The van der Waals surface area contributed by atoms with Crippen LogP contribution in [0.2, 0.25) is 0 Å². The topological polar surface area (TPSA) is 79.8 Å². The molecule has 3 aromatic rings. The second-order valence-electron chi connectivity index (χ2n) is 5.07. The smallest absolute Gasteiger partial charge is 0.278 e. The SMILES string of the molecule is Cc1ccnc(Nc2sc(C)nc2C(=O)Nc2ccc(F)cn2)c1. The highest BCUT2D eigenvalue weighted by atomic mass is 32.1. The van der Waals surface area contributed by atoms with Gasteiger partial charge in [-0.05, 0) is 43.7 Å². The highest BCUT2D eigenvalue weighted by Crippen LogP contribution is 2.28. The van der Waals surface area contributed by atoms with E-state index in [0.29, 0.717) is 10.8 Å². The van der Waals surface area contributed by atoms with E-state index in [1.165, 1.54) is 23.5 Å². The number of nitrogens with one attached hydrogen (secondary N) is 2. The molecule has 8 heteroatoms. The summed E-state index contributed by atoms with van der Waals surface area (Å²) < 4.78 is 12.9. The van der Waals surface area contributed by atoms with Crippen molar-refractivity contribution >= 4 is 33.9 Å². The zero-order valence-electron chi connectivity index (χ0n) is 13.0. The van der Waals surface area contributed by atoms with Crippen LogP contribution >= 0.6 is 11.3 Å². The Morgan fingerprint density at radius 2 is 2.00 bits per heavy atom. The number of carbonyl (C=O) groups is 1. The Morgan fingerprint density at radius 1 is 1.17 bits per heavy atom. The first kappa shape index (κ1) is 16.0. The second-order valence-corrected chi connectivity index (χ2v) is 6.27. The van der Waals surface area contributed by atoms with Gasteiger partial charge >= 0.3 is 0 Å². The van der Waals surface area contributed by atoms with E-state index >= 15 is 0 Å². The van der Waals surface area contributed by atoms with Gasteiger partial charge in [0.15, 0.2) is 5.69 Å². The minimum atomic E-state index is -0.467. The maximum atomic E-state index is 12.9. The first-order valence-corrected chi connectivity index (χ1v) is 7.93. The minimum Gasteiger partial charge on any atom is -0.330 e. The zero-order chi connectivity index (χ0) is 17.1. The van der Waals surface area contributed by atoms with Crippen molar-refractivity contribution < 1.29 is 9.18 Å². The molecule has 24 heavy (non-hydrogen) atoms. The fourth-order valence-corrected chi connectivity index (χ4v) is 2.83. The Bertz CT molecular complexity index is 878. The molecule has 2 N–H and O–H groups in total. The molecule has 0 aliphatic rings. The van der Waals surface area contributed by atoms with Gasteiger partial charge in [-0.25, -0.2) is 19.3 Å². The zero-order valence-corrected chi connectivity index (χ0v) is 13.8. The molecule has 0 aliphatic carbocycles. The molecule has 0 saturated heterocycles. The molecule has 0 atom stereocenters. The molecular formula is C16H14FN5OS. The van der Waals surface area contributed by atoms with Crippen molar-refractivity contribution in [2.75, 3.05) is 10.6 Å². The monoisotopic (exact) mass is 343 g/mol. The van der Waals surface area contributed by atoms with Gasteiger partial charge in [0.05, 0.1) is 11.2 Å². The predicted molar refractivity (Wildman–Crippen MR) is 91.3 cm³/mol. The van der Waals surface area contributed by atoms with Gasteiger partial charge < -0.3 is 10.6 Å². The molecule has 0 fully saturated rings. The van der Waals surface area contributed by atoms with E-state index in [0.717, 1.165) is 16.8 Å². The first-order chi connectivity index (χ1) is 11.5. The Hall–Kier alpha value is -2.87. The van der Waals surface area contributed by atoms with Crippen LogP contribution in [0.4, 0.5) is 21.0 Å². The lowest BCUT2D eigenvalue weighted by atomic mass is 10.3. The molecule has 0 spiro atoms. The number of hydrogen-bond donors (Lipinski definition) is 2. The van der Waals surface area contributed by atoms with Gasteiger partial charge in [0, 0.05) is 6.20 Å². The van der Waals surface area contributed by atoms with Crippen LogP contribution in [-0.2, 0) is 0 Å². The summed E-state index contributed by atoms with van der Waals surface area (Å²) in [5.74, 6) is -0.00159. The van der Waals surface area contributed by atoms with E-state index in [4.69, 9.17) is 0 Å². The molecule has 0 aromatic carbocycles. The normalized spacial score (nSPS) is 10.5. The number of nitrogens with zero attached hydrogens (tertiary/aromatic N) is 3. The Morgan fingerprint density at radius 3 is 2.71 bits per heavy atom. The first-order valence-electron chi connectivity index (χ1n) is 7.11. The lowest BCUT2D eigenvalue weighted by Gasteiger charge is -2.06. The molecule has 0 radical (unpaired) electrons. The highest BCUT2D eigenvalue weighted by Gasteiger charge is 2.18. The van der Waals surface area contributed by atoms with Crippen LogP contribution in [0.5, 0.6) is 0 Å². The number of halogens is 1. The number of pyridine rings is 2. The summed E-state index contributed by atoms with van der Waals surface area (Å²) in [5.41, 5.74) is 1.29. The molecule has 6 nitrogen and oxygen atoms in total. The Kier molecular flexibility index (Phi) is 4.48. The summed E-state index contributed by atoms with van der Waals surface area (Å²) in [6, 6.07) is 6.38. The third-order valence-corrected chi connectivity index (χ3v) is 3.96. The van der Waals surface area contributed by atoms with Crippen LogP contribution in [-0.4, -0.2) is 20.9 Å². The van der Waals surface area contributed by atoms with Crippen molar-refractivity contribution in [2.45, 2.75) is 13.8 Å². The molecule has 0 unspecified atom stereocenters. The average molecular weight is 343 g/mol. The largest absolute Gasteiger partial charge is 0.330 e. The molecule has 122 valence electrons. The van der Waals surface area contributed by atoms with Crippen molar-refractivity contribution in [1.82, 2.24) is 15.0 Å². The molecular weight excluding hydrogens is 329 g/mol. The number of thiazole rings is 1. The van der Waals surface area contributed by atoms with Crippen molar-refractivity contribution in [3.63, 3.8) is 0 Å². The second kappa shape index (κ2) is 6.71. The standard InChI is InChI=1S/C16H14FN5OS/c1-9-5-6-18-13(7-9)22-16-14(20-10(2)24-16)15(23)21-12-4-3-11(17)8-19-12/h3-8H,1-2H3,(H,18,22)(H,19,21,23). The maximum absolute atomic E-state index is 12.9. The van der Waals surface area contributed by atoms with E-state index in [1.54, 1.807) is 6.20 Å². The van der Waals surface area contributed by atoms with Gasteiger partial charge in [-0.1, -0.05) is 0 Å². The van der Waals surface area contributed by atoms with E-state index in [1.807, 2.05) is 26.0 Å². The predicted octanol–water partition coefficient (Wildman–Crippen LogP) is 3.68. The van der Waals surface area contributed by atoms with Crippen molar-refractivity contribution in [3.05, 3.63) is 58.7 Å². The summed E-state index contributed by atoms with van der Waals surface area (Å²) >= 11 is 1.35. The van der Waals surface area contributed by atoms with Gasteiger partial charge in [-0.2, -0.15) is 0 Å². The van der Waals surface area contributed by atoms with Gasteiger partial charge in [0.2, 0.25) is 0 Å². The number of aryl methyl sites for hydroxylation is 2. The maximum Gasteiger partial charge on any atom is 0.278 e. The van der Waals surface area contributed by atoms with E-state index in [-0.39, 0.29) is 11.5 Å². The fraction of sp³-hybridized carbons (Fsp3) is 0.125. The molecule has 1 amide bonds. The summed E-state index contributed by atoms with van der Waals surface area (Å²) in [5, 5.41) is 7.04. The van der Waals surface area contributed by atoms with Crippen LogP contribution in [0.3, 0.4) is 0 Å². The van der Waals surface area contributed by atoms with Gasteiger partial charge in [-0.3, -0.25) is 4.79 Å². The van der Waals surface area contributed by atoms with Crippen molar-refractivity contribution in [2.24, 2.45) is 0 Å². The Balaban J connectivity index is 1.82. The number of carbonyl (C=O) groups excluding carboxylic acids is 1. The summed E-state index contributed by atoms with van der Waals surface area (Å²) in [6.45, 7) is 3.77. The highest BCUT2D eigenvalue weighted by molar-refractivity contribution is 7.16. The molecule has 0 aliphatic heterocycles. The van der Waals surface area contributed by atoms with Crippen LogP contribution < -0.4 is 10.6 Å². The number of rotatable bonds is 4. The molecule has 0 bridgehead atoms. The van der Waals surface area contributed by atoms with Crippen LogP contribution in [0.15, 0.2) is 36.7 Å². The van der Waals surface area contributed by atoms with E-state index in [9.17, 15) is 9.18 Å². The fourth-order valence-electron chi connectivity index (χ4n) is 2.01. The van der Waals surface area contributed by atoms with E-state index < -0.39 is 11.7 Å². The molecule has 3 aromatic heterocycles. The lowest BCUT2D eigenvalue weighted by Crippen LogP contribution is -2.15. The van der Waals surface area contributed by atoms with Gasteiger partial charge in [0.25, 0.3) is 5.91 Å². The van der Waals surface area contributed by atoms with Crippen molar-refractivity contribution in [3.8, 4) is 0 Å². The third-order valence-electron chi connectivity index (χ3n) is 3.08. The van der Waals surface area contributed by atoms with Crippen LogP contribution in [0, 0.1) is 19.7 Å². The van der Waals surface area contributed by atoms with Gasteiger partial charge in [-0.15, -0.1) is 11.3 Å². The molecule has 3 heterocycles. The average Bonchev–Trinajstić information content (AvgIpc) is 2.90. The number of hydrogen-bond acceptors (Lipinski definition) is 6. The van der Waals surface area contributed by atoms with Crippen molar-refractivity contribution in [1.29, 1.82) is 0 Å². The summed E-state index contributed by atoms with van der Waals surface area (Å²) in [6.07, 6.45) is 2.73. The van der Waals surface area contributed by atoms with Crippen LogP contribution in [0.1, 0.15) is 21.1 Å². The lowest BCUT2D eigenvalue weighted by molar-refractivity contribution is 0.102. The Labute approximate surface area is 141 Å². The number of anilines is 3. The van der Waals surface area contributed by atoms with Gasteiger partial charge in [0.1, 0.15) is 22.5 Å². The van der Waals surface area contributed by atoms with E-state index in [2.05, 4.69) is 25.6 Å². The molecule has 0 saturated carbocycles. The minimum absolute atomic E-state index is 0.243. The molecule has 3 rings (SSSR count). The summed E-state index contributed by atoms with van der Waals surface area (Å²) in [4.78, 5) is 24.7. The van der Waals surface area contributed by atoms with Crippen LogP contribution in [0.25, 0.3) is 0 Å². The number of aromatic nitrogens is 3. The summed E-state index contributed by atoms with van der Waals surface area (Å²) in [7, 11) is 0. The quantitative estimate of drug-likeness (QED) is 0.755. The third kappa shape index (κ3) is 3.72. The number of amides is 1.